The van der Waals surface area contributed by atoms with E-state index in [1.54, 1.807) is 16.8 Å². The molecule has 0 spiro atoms. The molecule has 36 heavy (non-hydrogen) atoms. The van der Waals surface area contributed by atoms with Crippen molar-refractivity contribution in [2.75, 3.05) is 17.7 Å². The minimum absolute atomic E-state index is 0.234. The average Bonchev–Trinajstić information content (AvgIpc) is 3.25. The van der Waals surface area contributed by atoms with Crippen LogP contribution < -0.4 is 10.1 Å². The quantitative estimate of drug-likeness (QED) is 0.168. The van der Waals surface area contributed by atoms with Gasteiger partial charge in [-0.05, 0) is 37.3 Å². The van der Waals surface area contributed by atoms with E-state index in [1.807, 2.05) is 44.2 Å². The highest BCUT2D eigenvalue weighted by atomic mass is 35.5. The van der Waals surface area contributed by atoms with E-state index in [0.29, 0.717) is 44.8 Å². The molecule has 1 aliphatic rings. The van der Waals surface area contributed by atoms with Gasteiger partial charge in [0.1, 0.15) is 18.4 Å². The fraction of sp³-hybridized carbons (Fsp3) is 0.346. The average molecular weight is 548 g/mol. The molecule has 3 aromatic rings. The van der Waals surface area contributed by atoms with Crippen LogP contribution in [0.25, 0.3) is 0 Å². The molecule has 1 N–H and O–H groups in total. The lowest BCUT2D eigenvalue weighted by molar-refractivity contribution is -0.139. The molecule has 10 heteroatoms. The molecule has 1 aliphatic heterocycles. The Bertz CT molecular complexity index is 1280. The molecule has 0 fully saturated rings. The first-order valence-corrected chi connectivity index (χ1v) is 13.6. The highest BCUT2D eigenvalue weighted by molar-refractivity contribution is 7.99. The molecule has 0 aliphatic carbocycles. The monoisotopic (exact) mass is 546 g/mol. The zero-order valence-electron chi connectivity index (χ0n) is 20.4. The van der Waals surface area contributed by atoms with Gasteiger partial charge in [0.2, 0.25) is 11.1 Å². The summed E-state index contributed by atoms with van der Waals surface area (Å²) in [5.74, 6) is 1.61. The number of aromatic nitrogens is 3. The van der Waals surface area contributed by atoms with Crippen molar-refractivity contribution >= 4 is 46.9 Å². The smallest absolute Gasteiger partial charge is 0.338 e. The number of para-hydroxylation sites is 1. The molecule has 1 atom stereocenters. The van der Waals surface area contributed by atoms with Crippen molar-refractivity contribution in [2.45, 2.75) is 51.4 Å². The number of hydrogen-bond acceptors (Lipinski definition) is 7. The molecule has 0 radical (unpaired) electrons. The number of esters is 1. The van der Waals surface area contributed by atoms with E-state index >= 15 is 0 Å². The maximum Gasteiger partial charge on any atom is 0.338 e. The summed E-state index contributed by atoms with van der Waals surface area (Å²) in [6.07, 6.45) is 1.73. The SMILES string of the molecule is CCCCOC(=O)C1=C(C)Nc2nc(SCC)nn2C1c1ccccc1OCc1ccc(Cl)cc1Cl. The number of fused-ring (bicyclic) bond motifs is 1. The van der Waals surface area contributed by atoms with E-state index in [9.17, 15) is 4.79 Å². The van der Waals surface area contributed by atoms with E-state index in [0.717, 1.165) is 29.7 Å². The van der Waals surface area contributed by atoms with Gasteiger partial charge < -0.3 is 14.8 Å². The van der Waals surface area contributed by atoms with Gasteiger partial charge in [0.15, 0.2) is 0 Å². The van der Waals surface area contributed by atoms with Crippen molar-refractivity contribution in [3.05, 3.63) is 74.9 Å². The van der Waals surface area contributed by atoms with E-state index in [-0.39, 0.29) is 12.6 Å². The van der Waals surface area contributed by atoms with Gasteiger partial charge in [-0.3, -0.25) is 0 Å². The summed E-state index contributed by atoms with van der Waals surface area (Å²) in [4.78, 5) is 17.9. The number of rotatable bonds is 10. The lowest BCUT2D eigenvalue weighted by atomic mass is 9.95. The lowest BCUT2D eigenvalue weighted by Gasteiger charge is -2.29. The van der Waals surface area contributed by atoms with Gasteiger partial charge in [0.05, 0.1) is 12.2 Å². The van der Waals surface area contributed by atoms with Crippen molar-refractivity contribution in [2.24, 2.45) is 0 Å². The Kier molecular flexibility index (Phi) is 8.82. The lowest BCUT2D eigenvalue weighted by Crippen LogP contribution is -2.30. The number of benzene rings is 2. The Hall–Kier alpha value is -2.68. The van der Waals surface area contributed by atoms with Crippen molar-refractivity contribution in [1.82, 2.24) is 14.8 Å². The minimum atomic E-state index is -0.578. The molecule has 1 aromatic heterocycles. The van der Waals surface area contributed by atoms with Gasteiger partial charge in [0, 0.05) is 26.9 Å². The van der Waals surface area contributed by atoms with Crippen LogP contribution in [0.2, 0.25) is 10.0 Å². The molecule has 2 heterocycles. The van der Waals surface area contributed by atoms with Gasteiger partial charge in [-0.1, -0.05) is 79.5 Å². The minimum Gasteiger partial charge on any atom is -0.488 e. The van der Waals surface area contributed by atoms with Crippen molar-refractivity contribution < 1.29 is 14.3 Å². The molecule has 7 nitrogen and oxygen atoms in total. The van der Waals surface area contributed by atoms with Gasteiger partial charge in [-0.25, -0.2) is 9.48 Å². The normalized spacial score (nSPS) is 14.9. The third-order valence-electron chi connectivity index (χ3n) is 5.67. The molecular formula is C26H28Cl2N4O3S. The van der Waals surface area contributed by atoms with Gasteiger partial charge in [-0.15, -0.1) is 5.10 Å². The molecule has 0 bridgehead atoms. The third-order valence-corrected chi connectivity index (χ3v) is 6.98. The van der Waals surface area contributed by atoms with Crippen LogP contribution in [0.4, 0.5) is 5.95 Å². The summed E-state index contributed by atoms with van der Waals surface area (Å²) < 4.78 is 13.6. The number of nitrogens with zero attached hydrogens (tertiary/aromatic N) is 3. The summed E-state index contributed by atoms with van der Waals surface area (Å²) >= 11 is 13.9. The highest BCUT2D eigenvalue weighted by Crippen LogP contribution is 2.40. The number of ether oxygens (including phenoxy) is 2. The fourth-order valence-electron chi connectivity index (χ4n) is 3.89. The maximum absolute atomic E-state index is 13.3. The molecule has 0 saturated heterocycles. The van der Waals surface area contributed by atoms with Crippen LogP contribution in [0.5, 0.6) is 5.75 Å². The predicted molar refractivity (Wildman–Crippen MR) is 144 cm³/mol. The van der Waals surface area contributed by atoms with Crippen molar-refractivity contribution in [3.8, 4) is 5.75 Å². The first-order chi connectivity index (χ1) is 17.4. The van der Waals surface area contributed by atoms with Crippen LogP contribution in [-0.2, 0) is 16.1 Å². The molecular weight excluding hydrogens is 519 g/mol. The summed E-state index contributed by atoms with van der Waals surface area (Å²) in [7, 11) is 0. The highest BCUT2D eigenvalue weighted by Gasteiger charge is 2.36. The second-order valence-electron chi connectivity index (χ2n) is 8.21. The van der Waals surface area contributed by atoms with E-state index in [1.165, 1.54) is 11.8 Å². The number of hydrogen-bond donors (Lipinski definition) is 1. The molecule has 4 rings (SSSR count). The summed E-state index contributed by atoms with van der Waals surface area (Å²) in [5.41, 5.74) is 2.71. The van der Waals surface area contributed by atoms with Gasteiger partial charge >= 0.3 is 5.97 Å². The van der Waals surface area contributed by atoms with Crippen molar-refractivity contribution in [1.29, 1.82) is 0 Å². The molecule has 190 valence electrons. The first-order valence-electron chi connectivity index (χ1n) is 11.8. The number of nitrogens with one attached hydrogen (secondary N) is 1. The second kappa shape index (κ2) is 12.0. The number of anilines is 1. The van der Waals surface area contributed by atoms with Crippen LogP contribution in [-0.4, -0.2) is 33.1 Å². The molecule has 1 unspecified atom stereocenters. The van der Waals surface area contributed by atoms with Crippen LogP contribution in [0.15, 0.2) is 58.9 Å². The zero-order valence-corrected chi connectivity index (χ0v) is 22.7. The Labute approximate surface area is 225 Å². The van der Waals surface area contributed by atoms with Crippen LogP contribution in [0.3, 0.4) is 0 Å². The molecule has 2 aromatic carbocycles. The molecule has 0 saturated carbocycles. The second-order valence-corrected chi connectivity index (χ2v) is 10.3. The van der Waals surface area contributed by atoms with Crippen molar-refractivity contribution in [3.63, 3.8) is 0 Å². The standard InChI is InChI=1S/C26H28Cl2N4O3S/c1-4-6-13-34-24(33)22-16(3)29-25-30-26(36-5-2)31-32(25)23(22)19-9-7-8-10-21(19)35-15-17-11-12-18(27)14-20(17)28/h7-12,14,23H,4-6,13,15H2,1-3H3,(H,29,30,31). The summed E-state index contributed by atoms with van der Waals surface area (Å²) in [5, 5.41) is 9.67. The maximum atomic E-state index is 13.3. The topological polar surface area (TPSA) is 78.3 Å². The van der Waals surface area contributed by atoms with Crippen LogP contribution >= 0.6 is 35.0 Å². The zero-order chi connectivity index (χ0) is 25.7. The Balaban J connectivity index is 1.74. The largest absolute Gasteiger partial charge is 0.488 e. The van der Waals surface area contributed by atoms with Gasteiger partial charge in [0.25, 0.3) is 0 Å². The molecule has 0 amide bonds. The number of carbonyl (C=O) groups excluding carboxylic acids is 1. The van der Waals surface area contributed by atoms with Crippen LogP contribution in [0, 0.1) is 0 Å². The fourth-order valence-corrected chi connectivity index (χ4v) is 4.91. The number of allylic oxidation sites excluding steroid dienone is 1. The Morgan fingerprint density at radius 1 is 1.19 bits per heavy atom. The Morgan fingerprint density at radius 2 is 2.00 bits per heavy atom. The number of carbonyl (C=O) groups is 1. The van der Waals surface area contributed by atoms with E-state index < -0.39 is 6.04 Å². The van der Waals surface area contributed by atoms with E-state index in [4.69, 9.17) is 37.8 Å². The predicted octanol–water partition coefficient (Wildman–Crippen LogP) is 6.91. The number of thioether (sulfide) groups is 1. The first kappa shape index (κ1) is 26.4. The van der Waals surface area contributed by atoms with E-state index in [2.05, 4.69) is 17.2 Å². The summed E-state index contributed by atoms with van der Waals surface area (Å²) in [6, 6.07) is 12.3. The van der Waals surface area contributed by atoms with Gasteiger partial charge in [-0.2, -0.15) is 4.98 Å². The number of halogens is 2. The van der Waals surface area contributed by atoms with Crippen LogP contribution in [0.1, 0.15) is 50.8 Å². The number of unbranched alkanes of at least 4 members (excludes halogenated alkanes) is 1. The summed E-state index contributed by atoms with van der Waals surface area (Å²) in [6.45, 7) is 6.54. The third kappa shape index (κ3) is 5.82. The Morgan fingerprint density at radius 3 is 2.75 bits per heavy atom.